The Morgan fingerprint density at radius 3 is 2.73 bits per heavy atom. The fourth-order valence-electron chi connectivity index (χ4n) is 1.07. The lowest BCUT2D eigenvalue weighted by Gasteiger charge is -2.02. The van der Waals surface area contributed by atoms with Crippen LogP contribution in [-0.4, -0.2) is 37.7 Å². The highest BCUT2D eigenvalue weighted by atomic mass is 16.4. The highest BCUT2D eigenvalue weighted by molar-refractivity contribution is 5.73. The second-order valence-corrected chi connectivity index (χ2v) is 3.08. The van der Waals surface area contributed by atoms with Crippen LogP contribution in [0.4, 0.5) is 0 Å². The maximum atomic E-state index is 10.4. The van der Waals surface area contributed by atoms with Crippen LogP contribution in [0, 0.1) is 0 Å². The van der Waals surface area contributed by atoms with E-state index in [4.69, 9.17) is 15.9 Å². The number of nitrogens with two attached hydrogens (primary N) is 1. The molecule has 0 aliphatic heterocycles. The number of hydrogen-bond donors (Lipinski definition) is 3. The standard InChI is InChI=1S/C8H11N3O4/c9-6(8(14)15)1-5-2-11(4-10-5)3-7(12)13/h2,4,6H,1,3,9H2,(H,12,13)(H,14,15). The molecule has 0 amide bonds. The number of aliphatic carboxylic acids is 2. The zero-order valence-electron chi connectivity index (χ0n) is 7.83. The molecule has 0 aliphatic rings. The molecule has 1 rings (SSSR count). The van der Waals surface area contributed by atoms with E-state index in [0.717, 1.165) is 0 Å². The number of imidazole rings is 1. The number of carbonyl (C=O) groups is 2. The summed E-state index contributed by atoms with van der Waals surface area (Å²) >= 11 is 0. The van der Waals surface area contributed by atoms with Crippen LogP contribution in [0.15, 0.2) is 12.5 Å². The second kappa shape index (κ2) is 4.56. The summed E-state index contributed by atoms with van der Waals surface area (Å²) in [5.41, 5.74) is 5.76. The summed E-state index contributed by atoms with van der Waals surface area (Å²) in [5, 5.41) is 17.0. The normalized spacial score (nSPS) is 12.3. The molecule has 0 spiro atoms. The van der Waals surface area contributed by atoms with Gasteiger partial charge in [-0.25, -0.2) is 4.98 Å². The third kappa shape index (κ3) is 3.39. The molecule has 1 unspecified atom stereocenters. The number of nitrogens with zero attached hydrogens (tertiary/aromatic N) is 2. The Kier molecular flexibility index (Phi) is 3.40. The zero-order valence-corrected chi connectivity index (χ0v) is 7.83. The van der Waals surface area contributed by atoms with Gasteiger partial charge >= 0.3 is 11.9 Å². The summed E-state index contributed by atoms with van der Waals surface area (Å²) in [7, 11) is 0. The predicted octanol–water partition coefficient (Wildman–Crippen LogP) is -1.08. The SMILES string of the molecule is NC(Cc1cn(CC(=O)O)cn1)C(=O)O. The molecule has 82 valence electrons. The van der Waals surface area contributed by atoms with Gasteiger partial charge < -0.3 is 20.5 Å². The Morgan fingerprint density at radius 2 is 2.20 bits per heavy atom. The fourth-order valence-corrected chi connectivity index (χ4v) is 1.07. The molecule has 0 fully saturated rings. The van der Waals surface area contributed by atoms with Crippen molar-refractivity contribution in [1.82, 2.24) is 9.55 Å². The molecule has 7 nitrogen and oxygen atoms in total. The monoisotopic (exact) mass is 213 g/mol. The van der Waals surface area contributed by atoms with Gasteiger partial charge in [-0.3, -0.25) is 9.59 Å². The summed E-state index contributed by atoms with van der Waals surface area (Å²) in [6, 6.07) is -1.02. The van der Waals surface area contributed by atoms with E-state index in [2.05, 4.69) is 4.98 Å². The van der Waals surface area contributed by atoms with Gasteiger partial charge in [0, 0.05) is 12.6 Å². The fraction of sp³-hybridized carbons (Fsp3) is 0.375. The van der Waals surface area contributed by atoms with Crippen molar-refractivity contribution < 1.29 is 19.8 Å². The molecular formula is C8H11N3O4. The van der Waals surface area contributed by atoms with Gasteiger partial charge in [0.2, 0.25) is 0 Å². The van der Waals surface area contributed by atoms with E-state index in [1.807, 2.05) is 0 Å². The molecule has 0 saturated carbocycles. The molecule has 1 heterocycles. The van der Waals surface area contributed by atoms with Gasteiger partial charge in [0.1, 0.15) is 12.6 Å². The minimum Gasteiger partial charge on any atom is -0.480 e. The number of carboxylic acid groups (broad SMARTS) is 2. The van der Waals surface area contributed by atoms with Crippen molar-refractivity contribution in [3.63, 3.8) is 0 Å². The molecule has 0 bridgehead atoms. The lowest BCUT2D eigenvalue weighted by molar-refractivity contribution is -0.139. The van der Waals surface area contributed by atoms with Gasteiger partial charge in [-0.2, -0.15) is 0 Å². The summed E-state index contributed by atoms with van der Waals surface area (Å²) in [5.74, 6) is -2.09. The van der Waals surface area contributed by atoms with Crippen LogP contribution >= 0.6 is 0 Å². The average molecular weight is 213 g/mol. The van der Waals surface area contributed by atoms with Crippen molar-refractivity contribution in [2.45, 2.75) is 19.0 Å². The quantitative estimate of drug-likeness (QED) is 0.572. The van der Waals surface area contributed by atoms with E-state index in [9.17, 15) is 9.59 Å². The number of hydrogen-bond acceptors (Lipinski definition) is 4. The smallest absolute Gasteiger partial charge is 0.323 e. The van der Waals surface area contributed by atoms with Crippen LogP contribution < -0.4 is 5.73 Å². The van der Waals surface area contributed by atoms with E-state index in [-0.39, 0.29) is 13.0 Å². The van der Waals surface area contributed by atoms with Crippen molar-refractivity contribution in [3.8, 4) is 0 Å². The Balaban J connectivity index is 2.60. The average Bonchev–Trinajstić information content (AvgIpc) is 2.51. The summed E-state index contributed by atoms with van der Waals surface area (Å²) in [6.07, 6.45) is 2.89. The predicted molar refractivity (Wildman–Crippen MR) is 49.2 cm³/mol. The lowest BCUT2D eigenvalue weighted by atomic mass is 10.2. The largest absolute Gasteiger partial charge is 0.480 e. The molecule has 0 radical (unpaired) electrons. The van der Waals surface area contributed by atoms with Crippen molar-refractivity contribution in [1.29, 1.82) is 0 Å². The van der Waals surface area contributed by atoms with Crippen molar-refractivity contribution in [2.24, 2.45) is 5.73 Å². The topological polar surface area (TPSA) is 118 Å². The molecule has 15 heavy (non-hydrogen) atoms. The number of rotatable bonds is 5. The first-order valence-corrected chi connectivity index (χ1v) is 4.20. The second-order valence-electron chi connectivity index (χ2n) is 3.08. The first-order chi connectivity index (χ1) is 6.99. The first kappa shape index (κ1) is 11.2. The molecule has 1 aromatic rings. The summed E-state index contributed by atoms with van der Waals surface area (Å²) in [6.45, 7) is -0.199. The van der Waals surface area contributed by atoms with E-state index in [1.54, 1.807) is 0 Å². The molecule has 1 aromatic heterocycles. The highest BCUT2D eigenvalue weighted by Gasteiger charge is 2.13. The van der Waals surface area contributed by atoms with Gasteiger partial charge in [-0.15, -0.1) is 0 Å². The molecule has 0 aromatic carbocycles. The highest BCUT2D eigenvalue weighted by Crippen LogP contribution is 2.00. The third-order valence-electron chi connectivity index (χ3n) is 1.75. The maximum absolute atomic E-state index is 10.4. The van der Waals surface area contributed by atoms with Crippen molar-refractivity contribution in [3.05, 3.63) is 18.2 Å². The van der Waals surface area contributed by atoms with Crippen LogP contribution in [0.2, 0.25) is 0 Å². The summed E-state index contributed by atoms with van der Waals surface area (Å²) in [4.78, 5) is 24.6. The van der Waals surface area contributed by atoms with E-state index < -0.39 is 18.0 Å². The van der Waals surface area contributed by atoms with Crippen LogP contribution in [0.25, 0.3) is 0 Å². The molecule has 7 heteroatoms. The Labute approximate surface area is 85.1 Å². The molecule has 0 aliphatic carbocycles. The molecular weight excluding hydrogens is 202 g/mol. The minimum atomic E-state index is -1.11. The van der Waals surface area contributed by atoms with Crippen LogP contribution in [-0.2, 0) is 22.6 Å². The van der Waals surface area contributed by atoms with Crippen LogP contribution in [0.3, 0.4) is 0 Å². The number of aromatic nitrogens is 2. The third-order valence-corrected chi connectivity index (χ3v) is 1.75. The van der Waals surface area contributed by atoms with Gasteiger partial charge in [-0.05, 0) is 0 Å². The van der Waals surface area contributed by atoms with Crippen molar-refractivity contribution >= 4 is 11.9 Å². The first-order valence-electron chi connectivity index (χ1n) is 4.20. The molecule has 4 N–H and O–H groups in total. The van der Waals surface area contributed by atoms with E-state index in [1.165, 1.54) is 17.1 Å². The van der Waals surface area contributed by atoms with Gasteiger partial charge in [0.15, 0.2) is 0 Å². The Bertz CT molecular complexity index is 374. The van der Waals surface area contributed by atoms with Crippen molar-refractivity contribution in [2.75, 3.05) is 0 Å². The van der Waals surface area contributed by atoms with E-state index in [0.29, 0.717) is 5.69 Å². The molecule has 0 saturated heterocycles. The van der Waals surface area contributed by atoms with Gasteiger partial charge in [-0.1, -0.05) is 0 Å². The maximum Gasteiger partial charge on any atom is 0.323 e. The van der Waals surface area contributed by atoms with Crippen LogP contribution in [0.5, 0.6) is 0 Å². The number of carboxylic acids is 2. The Morgan fingerprint density at radius 1 is 1.53 bits per heavy atom. The van der Waals surface area contributed by atoms with Gasteiger partial charge in [0.25, 0.3) is 0 Å². The Hall–Kier alpha value is -1.89. The van der Waals surface area contributed by atoms with Gasteiger partial charge in [0.05, 0.1) is 12.0 Å². The van der Waals surface area contributed by atoms with Crippen LogP contribution in [0.1, 0.15) is 5.69 Å². The molecule has 1 atom stereocenters. The minimum absolute atomic E-state index is 0.0853. The summed E-state index contributed by atoms with van der Waals surface area (Å²) < 4.78 is 1.35. The zero-order chi connectivity index (χ0) is 11.4. The van der Waals surface area contributed by atoms with E-state index >= 15 is 0 Å². The lowest BCUT2D eigenvalue weighted by Crippen LogP contribution is -2.32.